The standard InChI is InChI=1S/C16H19F2N3O2/c1-8(2)13-7-14(21-20-13)16(23)19-9(3)15(22)10-4-5-11(17)12(18)6-10/h4-9,15,22H,1-3H3,(H,19,23)(H,20,21). The third-order valence-electron chi connectivity index (χ3n) is 3.57. The largest absolute Gasteiger partial charge is 0.386 e. The molecule has 1 heterocycles. The van der Waals surface area contributed by atoms with Crippen LogP contribution in [0.4, 0.5) is 8.78 Å². The third-order valence-corrected chi connectivity index (χ3v) is 3.57. The van der Waals surface area contributed by atoms with Crippen LogP contribution in [0, 0.1) is 11.6 Å². The normalized spacial score (nSPS) is 13.9. The van der Waals surface area contributed by atoms with Gasteiger partial charge in [-0.05, 0) is 36.6 Å². The number of halogens is 2. The smallest absolute Gasteiger partial charge is 0.272 e. The Morgan fingerprint density at radius 2 is 1.91 bits per heavy atom. The number of aromatic nitrogens is 2. The van der Waals surface area contributed by atoms with Gasteiger partial charge in [0.05, 0.1) is 12.1 Å². The molecule has 1 aromatic carbocycles. The Balaban J connectivity index is 2.05. The summed E-state index contributed by atoms with van der Waals surface area (Å²) in [5.41, 5.74) is 1.21. The first kappa shape index (κ1) is 17.1. The molecule has 0 aliphatic rings. The van der Waals surface area contributed by atoms with E-state index in [0.29, 0.717) is 0 Å². The summed E-state index contributed by atoms with van der Waals surface area (Å²) in [6.45, 7) is 5.50. The Labute approximate surface area is 132 Å². The van der Waals surface area contributed by atoms with Crippen molar-refractivity contribution in [3.05, 3.63) is 52.9 Å². The zero-order chi connectivity index (χ0) is 17.1. The number of amides is 1. The van der Waals surface area contributed by atoms with Gasteiger partial charge in [0, 0.05) is 5.69 Å². The molecule has 0 fully saturated rings. The summed E-state index contributed by atoms with van der Waals surface area (Å²) in [6, 6.07) is 4.05. The monoisotopic (exact) mass is 323 g/mol. The van der Waals surface area contributed by atoms with Crippen LogP contribution >= 0.6 is 0 Å². The van der Waals surface area contributed by atoms with E-state index in [9.17, 15) is 18.7 Å². The first-order valence-electron chi connectivity index (χ1n) is 7.28. The Morgan fingerprint density at radius 3 is 2.48 bits per heavy atom. The first-order chi connectivity index (χ1) is 10.8. The summed E-state index contributed by atoms with van der Waals surface area (Å²) in [5, 5.41) is 19.4. The molecule has 1 amide bonds. The Bertz CT molecular complexity index is 700. The van der Waals surface area contributed by atoms with Gasteiger partial charge in [-0.3, -0.25) is 9.89 Å². The average Bonchev–Trinajstić information content (AvgIpc) is 2.99. The fraction of sp³-hybridized carbons (Fsp3) is 0.375. The number of aromatic amines is 1. The molecule has 0 bridgehead atoms. The number of hydrogen-bond donors (Lipinski definition) is 3. The van der Waals surface area contributed by atoms with E-state index in [-0.39, 0.29) is 17.2 Å². The second kappa shape index (κ2) is 6.87. The predicted octanol–water partition coefficient (Wildman–Crippen LogP) is 2.66. The van der Waals surface area contributed by atoms with E-state index in [2.05, 4.69) is 15.5 Å². The molecule has 7 heteroatoms. The predicted molar refractivity (Wildman–Crippen MR) is 80.9 cm³/mol. The van der Waals surface area contributed by atoms with Crippen LogP contribution in [0.2, 0.25) is 0 Å². The number of aliphatic hydroxyl groups is 1. The van der Waals surface area contributed by atoms with Gasteiger partial charge in [0.25, 0.3) is 5.91 Å². The van der Waals surface area contributed by atoms with Crippen molar-refractivity contribution < 1.29 is 18.7 Å². The Hall–Kier alpha value is -2.28. The van der Waals surface area contributed by atoms with Crippen molar-refractivity contribution in [1.82, 2.24) is 15.5 Å². The third kappa shape index (κ3) is 3.92. The molecule has 2 unspecified atom stereocenters. The van der Waals surface area contributed by atoms with Gasteiger partial charge < -0.3 is 10.4 Å². The number of H-pyrrole nitrogens is 1. The lowest BCUT2D eigenvalue weighted by Gasteiger charge is -2.20. The maximum absolute atomic E-state index is 13.2. The van der Waals surface area contributed by atoms with E-state index in [4.69, 9.17) is 0 Å². The summed E-state index contributed by atoms with van der Waals surface area (Å²) >= 11 is 0. The van der Waals surface area contributed by atoms with E-state index >= 15 is 0 Å². The van der Waals surface area contributed by atoms with Crippen molar-refractivity contribution in [1.29, 1.82) is 0 Å². The van der Waals surface area contributed by atoms with Gasteiger partial charge in [-0.1, -0.05) is 19.9 Å². The van der Waals surface area contributed by atoms with E-state index in [1.165, 1.54) is 6.07 Å². The molecule has 0 aliphatic heterocycles. The molecule has 0 radical (unpaired) electrons. The highest BCUT2D eigenvalue weighted by Crippen LogP contribution is 2.20. The SMILES string of the molecule is CC(C)c1cc(C(=O)NC(C)C(O)c2ccc(F)c(F)c2)n[nH]1. The van der Waals surface area contributed by atoms with Crippen molar-refractivity contribution in [2.24, 2.45) is 0 Å². The zero-order valence-corrected chi connectivity index (χ0v) is 13.1. The maximum Gasteiger partial charge on any atom is 0.272 e. The van der Waals surface area contributed by atoms with Crippen LogP contribution in [0.25, 0.3) is 0 Å². The van der Waals surface area contributed by atoms with Crippen molar-refractivity contribution in [3.8, 4) is 0 Å². The molecule has 0 spiro atoms. The van der Waals surface area contributed by atoms with Gasteiger partial charge in [0.1, 0.15) is 5.69 Å². The van der Waals surface area contributed by atoms with E-state index in [1.54, 1.807) is 13.0 Å². The highest BCUT2D eigenvalue weighted by Gasteiger charge is 2.21. The summed E-state index contributed by atoms with van der Waals surface area (Å²) < 4.78 is 26.1. The Morgan fingerprint density at radius 1 is 1.22 bits per heavy atom. The number of carbonyl (C=O) groups is 1. The summed E-state index contributed by atoms with van der Waals surface area (Å²) in [5.74, 6) is -2.29. The molecule has 124 valence electrons. The van der Waals surface area contributed by atoms with Crippen LogP contribution in [0.1, 0.15) is 54.5 Å². The van der Waals surface area contributed by atoms with Gasteiger partial charge >= 0.3 is 0 Å². The topological polar surface area (TPSA) is 78.0 Å². The molecular weight excluding hydrogens is 304 g/mol. The van der Waals surface area contributed by atoms with Crippen LogP contribution < -0.4 is 5.32 Å². The minimum atomic E-state index is -1.17. The molecule has 3 N–H and O–H groups in total. The van der Waals surface area contributed by atoms with E-state index in [0.717, 1.165) is 17.8 Å². The zero-order valence-electron chi connectivity index (χ0n) is 13.1. The van der Waals surface area contributed by atoms with Gasteiger partial charge in [-0.25, -0.2) is 8.78 Å². The fourth-order valence-electron chi connectivity index (χ4n) is 2.09. The van der Waals surface area contributed by atoms with E-state index in [1.807, 2.05) is 13.8 Å². The molecule has 1 aromatic heterocycles. The molecule has 0 saturated carbocycles. The van der Waals surface area contributed by atoms with E-state index < -0.39 is 29.7 Å². The lowest BCUT2D eigenvalue weighted by molar-refractivity contribution is 0.0846. The number of carbonyl (C=O) groups excluding carboxylic acids is 1. The van der Waals surface area contributed by atoms with Crippen LogP contribution in [0.15, 0.2) is 24.3 Å². The van der Waals surface area contributed by atoms with Gasteiger partial charge in [-0.2, -0.15) is 5.10 Å². The lowest BCUT2D eigenvalue weighted by atomic mass is 10.0. The molecular formula is C16H19F2N3O2. The van der Waals surface area contributed by atoms with Crippen molar-refractivity contribution in [2.45, 2.75) is 38.8 Å². The minimum Gasteiger partial charge on any atom is -0.386 e. The van der Waals surface area contributed by atoms with Gasteiger partial charge in [0.15, 0.2) is 11.6 Å². The summed E-state index contributed by atoms with van der Waals surface area (Å²) in [7, 11) is 0. The van der Waals surface area contributed by atoms with Crippen molar-refractivity contribution in [3.63, 3.8) is 0 Å². The van der Waals surface area contributed by atoms with Crippen LogP contribution in [-0.2, 0) is 0 Å². The molecule has 2 atom stereocenters. The number of rotatable bonds is 5. The summed E-state index contributed by atoms with van der Waals surface area (Å²) in [4.78, 5) is 12.1. The fourth-order valence-corrected chi connectivity index (χ4v) is 2.09. The highest BCUT2D eigenvalue weighted by molar-refractivity contribution is 5.92. The Kier molecular flexibility index (Phi) is 5.10. The molecule has 0 aliphatic carbocycles. The maximum atomic E-state index is 13.2. The van der Waals surface area contributed by atoms with Gasteiger partial charge in [0.2, 0.25) is 0 Å². The number of nitrogens with one attached hydrogen (secondary N) is 2. The molecule has 2 aromatic rings. The first-order valence-corrected chi connectivity index (χ1v) is 7.28. The molecule has 23 heavy (non-hydrogen) atoms. The molecule has 5 nitrogen and oxygen atoms in total. The number of benzene rings is 1. The van der Waals surface area contributed by atoms with Crippen LogP contribution in [0.3, 0.4) is 0 Å². The number of nitrogens with zero attached hydrogens (tertiary/aromatic N) is 1. The van der Waals surface area contributed by atoms with Crippen LogP contribution in [-0.4, -0.2) is 27.3 Å². The second-order valence-electron chi connectivity index (χ2n) is 5.74. The second-order valence-corrected chi connectivity index (χ2v) is 5.74. The summed E-state index contributed by atoms with van der Waals surface area (Å²) in [6.07, 6.45) is -1.17. The van der Waals surface area contributed by atoms with Crippen LogP contribution in [0.5, 0.6) is 0 Å². The molecule has 2 rings (SSSR count). The highest BCUT2D eigenvalue weighted by atomic mass is 19.2. The number of hydrogen-bond acceptors (Lipinski definition) is 3. The van der Waals surface area contributed by atoms with Crippen molar-refractivity contribution in [2.75, 3.05) is 0 Å². The average molecular weight is 323 g/mol. The quantitative estimate of drug-likeness (QED) is 0.791. The minimum absolute atomic E-state index is 0.182. The van der Waals surface area contributed by atoms with Crippen molar-refractivity contribution >= 4 is 5.91 Å². The lowest BCUT2D eigenvalue weighted by Crippen LogP contribution is -2.37. The number of aliphatic hydroxyl groups excluding tert-OH is 1. The molecule has 0 saturated heterocycles. The van der Waals surface area contributed by atoms with Gasteiger partial charge in [-0.15, -0.1) is 0 Å².